The van der Waals surface area contributed by atoms with Crippen molar-refractivity contribution < 1.29 is 9.47 Å². The largest absolute Gasteiger partial charge is 0.485 e. The zero-order chi connectivity index (χ0) is 10.3. The summed E-state index contributed by atoms with van der Waals surface area (Å²) in [7, 11) is 0. The maximum atomic E-state index is 5.66. The van der Waals surface area contributed by atoms with Crippen molar-refractivity contribution in [3.05, 3.63) is 21.3 Å². The summed E-state index contributed by atoms with van der Waals surface area (Å²) in [6.45, 7) is 1.26. The number of thiophene rings is 2. The molecular formula is C10H7BrO2S2. The SMILES string of the molecule is Brc1sc(-c2cccs2)c2c1OCCO2. The molecule has 0 unspecified atom stereocenters. The van der Waals surface area contributed by atoms with Gasteiger partial charge in [0.2, 0.25) is 0 Å². The molecule has 2 nitrogen and oxygen atoms in total. The fraction of sp³-hybridized carbons (Fsp3) is 0.200. The average molecular weight is 303 g/mol. The normalized spacial score (nSPS) is 14.2. The Morgan fingerprint density at radius 2 is 2.00 bits per heavy atom. The lowest BCUT2D eigenvalue weighted by Gasteiger charge is -2.15. The molecule has 0 N–H and O–H groups in total. The molecule has 5 heteroatoms. The maximum absolute atomic E-state index is 5.66. The Labute approximate surface area is 104 Å². The van der Waals surface area contributed by atoms with Gasteiger partial charge in [0.05, 0.1) is 4.88 Å². The van der Waals surface area contributed by atoms with Gasteiger partial charge in [-0.2, -0.15) is 0 Å². The molecule has 2 aromatic heterocycles. The van der Waals surface area contributed by atoms with E-state index in [0.717, 1.165) is 20.2 Å². The molecule has 3 heterocycles. The Bertz CT molecular complexity index is 476. The van der Waals surface area contributed by atoms with Gasteiger partial charge in [0.1, 0.15) is 17.0 Å². The van der Waals surface area contributed by atoms with Crippen molar-refractivity contribution in [1.82, 2.24) is 0 Å². The van der Waals surface area contributed by atoms with E-state index in [9.17, 15) is 0 Å². The predicted octanol–water partition coefficient (Wildman–Crippen LogP) is 4.01. The van der Waals surface area contributed by atoms with Gasteiger partial charge in [-0.3, -0.25) is 0 Å². The van der Waals surface area contributed by atoms with Gasteiger partial charge >= 0.3 is 0 Å². The molecule has 0 atom stereocenters. The summed E-state index contributed by atoms with van der Waals surface area (Å²) in [6, 6.07) is 4.14. The van der Waals surface area contributed by atoms with E-state index in [1.807, 2.05) is 6.07 Å². The second kappa shape index (κ2) is 3.81. The number of hydrogen-bond acceptors (Lipinski definition) is 4. The van der Waals surface area contributed by atoms with E-state index in [0.29, 0.717) is 13.2 Å². The minimum absolute atomic E-state index is 0.631. The van der Waals surface area contributed by atoms with Crippen LogP contribution in [0.5, 0.6) is 11.5 Å². The van der Waals surface area contributed by atoms with Crippen molar-refractivity contribution in [2.75, 3.05) is 13.2 Å². The number of halogens is 1. The lowest BCUT2D eigenvalue weighted by molar-refractivity contribution is 0.173. The van der Waals surface area contributed by atoms with Gasteiger partial charge < -0.3 is 9.47 Å². The molecule has 0 saturated carbocycles. The molecule has 15 heavy (non-hydrogen) atoms. The summed E-state index contributed by atoms with van der Waals surface area (Å²) in [4.78, 5) is 2.39. The molecule has 1 aliphatic rings. The minimum Gasteiger partial charge on any atom is -0.485 e. The van der Waals surface area contributed by atoms with Crippen LogP contribution in [-0.4, -0.2) is 13.2 Å². The van der Waals surface area contributed by atoms with Crippen LogP contribution < -0.4 is 9.47 Å². The van der Waals surface area contributed by atoms with Crippen molar-refractivity contribution in [3.8, 4) is 21.3 Å². The lowest BCUT2D eigenvalue weighted by Crippen LogP contribution is -2.14. The van der Waals surface area contributed by atoms with Crippen LogP contribution in [0.15, 0.2) is 21.3 Å². The first-order valence-electron chi connectivity index (χ1n) is 4.48. The van der Waals surface area contributed by atoms with Crippen LogP contribution in [0.3, 0.4) is 0 Å². The molecule has 0 aromatic carbocycles. The second-order valence-corrected chi connectivity index (χ2v) is 6.32. The Morgan fingerprint density at radius 1 is 1.20 bits per heavy atom. The van der Waals surface area contributed by atoms with E-state index in [-0.39, 0.29) is 0 Å². The lowest BCUT2D eigenvalue weighted by atomic mass is 10.3. The molecule has 3 rings (SSSR count). The van der Waals surface area contributed by atoms with Crippen LogP contribution in [-0.2, 0) is 0 Å². The van der Waals surface area contributed by atoms with Crippen LogP contribution in [0.25, 0.3) is 9.75 Å². The highest BCUT2D eigenvalue weighted by atomic mass is 79.9. The van der Waals surface area contributed by atoms with E-state index in [1.165, 1.54) is 4.88 Å². The quantitative estimate of drug-likeness (QED) is 0.792. The molecular weight excluding hydrogens is 296 g/mol. The van der Waals surface area contributed by atoms with E-state index in [2.05, 4.69) is 27.4 Å². The summed E-state index contributed by atoms with van der Waals surface area (Å²) >= 11 is 6.89. The fourth-order valence-electron chi connectivity index (χ4n) is 1.49. The van der Waals surface area contributed by atoms with Crippen molar-refractivity contribution in [2.45, 2.75) is 0 Å². The highest BCUT2D eigenvalue weighted by Crippen LogP contribution is 2.52. The maximum Gasteiger partial charge on any atom is 0.187 e. The number of ether oxygens (including phenoxy) is 2. The number of hydrogen-bond donors (Lipinski definition) is 0. The predicted molar refractivity (Wildman–Crippen MR) is 66.3 cm³/mol. The average Bonchev–Trinajstić information content (AvgIpc) is 2.87. The highest BCUT2D eigenvalue weighted by molar-refractivity contribution is 9.11. The Balaban J connectivity index is 2.16. The van der Waals surface area contributed by atoms with Crippen LogP contribution in [0.4, 0.5) is 0 Å². The minimum atomic E-state index is 0.631. The molecule has 0 radical (unpaired) electrons. The van der Waals surface area contributed by atoms with Gasteiger partial charge in [-0.1, -0.05) is 6.07 Å². The molecule has 0 fully saturated rings. The van der Waals surface area contributed by atoms with Gasteiger partial charge in [0.25, 0.3) is 0 Å². The molecule has 0 bridgehead atoms. The van der Waals surface area contributed by atoms with E-state index >= 15 is 0 Å². The summed E-state index contributed by atoms with van der Waals surface area (Å²) in [5, 5.41) is 2.07. The van der Waals surface area contributed by atoms with E-state index < -0.39 is 0 Å². The van der Waals surface area contributed by atoms with Gasteiger partial charge in [-0.25, -0.2) is 0 Å². The zero-order valence-electron chi connectivity index (χ0n) is 7.66. The van der Waals surface area contributed by atoms with Crippen molar-refractivity contribution in [3.63, 3.8) is 0 Å². The third-order valence-corrected chi connectivity index (χ3v) is 4.94. The van der Waals surface area contributed by atoms with Gasteiger partial charge in [0, 0.05) is 4.88 Å². The standard InChI is InChI=1S/C10H7BrO2S2/c11-10-8-7(12-3-4-13-8)9(15-10)6-2-1-5-14-6/h1-2,5H,3-4H2. The highest BCUT2D eigenvalue weighted by Gasteiger charge is 2.24. The Kier molecular flexibility index (Phi) is 2.46. The first-order chi connectivity index (χ1) is 7.36. The zero-order valence-corrected chi connectivity index (χ0v) is 10.9. The molecule has 0 aliphatic carbocycles. The topological polar surface area (TPSA) is 18.5 Å². The molecule has 0 saturated heterocycles. The van der Waals surface area contributed by atoms with E-state index in [1.54, 1.807) is 22.7 Å². The third kappa shape index (κ3) is 1.58. The first-order valence-corrected chi connectivity index (χ1v) is 6.97. The van der Waals surface area contributed by atoms with Crippen LogP contribution in [0, 0.1) is 0 Å². The van der Waals surface area contributed by atoms with E-state index in [4.69, 9.17) is 9.47 Å². The third-order valence-electron chi connectivity index (χ3n) is 2.10. The van der Waals surface area contributed by atoms with Gasteiger partial charge in [0.15, 0.2) is 11.5 Å². The van der Waals surface area contributed by atoms with Gasteiger partial charge in [-0.15, -0.1) is 22.7 Å². The molecule has 2 aromatic rings. The summed E-state index contributed by atoms with van der Waals surface area (Å²) in [5.41, 5.74) is 0. The number of fused-ring (bicyclic) bond motifs is 1. The van der Waals surface area contributed by atoms with Crippen LogP contribution in [0.2, 0.25) is 0 Å². The summed E-state index contributed by atoms with van der Waals surface area (Å²) < 4.78 is 12.3. The summed E-state index contributed by atoms with van der Waals surface area (Å²) in [6.07, 6.45) is 0. The van der Waals surface area contributed by atoms with Crippen molar-refractivity contribution in [1.29, 1.82) is 0 Å². The molecule has 0 amide bonds. The molecule has 1 aliphatic heterocycles. The first kappa shape index (κ1) is 9.69. The summed E-state index contributed by atoms with van der Waals surface area (Å²) in [5.74, 6) is 1.75. The van der Waals surface area contributed by atoms with Crippen LogP contribution >= 0.6 is 38.6 Å². The fourth-order valence-corrected chi connectivity index (χ4v) is 4.03. The van der Waals surface area contributed by atoms with Crippen molar-refractivity contribution >= 4 is 38.6 Å². The molecule has 0 spiro atoms. The smallest absolute Gasteiger partial charge is 0.187 e. The van der Waals surface area contributed by atoms with Gasteiger partial charge in [-0.05, 0) is 27.4 Å². The Hall–Kier alpha value is -0.520. The number of rotatable bonds is 1. The Morgan fingerprint density at radius 3 is 2.73 bits per heavy atom. The van der Waals surface area contributed by atoms with Crippen molar-refractivity contribution in [2.24, 2.45) is 0 Å². The second-order valence-electron chi connectivity index (χ2n) is 3.04. The molecule has 78 valence electrons. The van der Waals surface area contributed by atoms with Crippen LogP contribution in [0.1, 0.15) is 0 Å². The monoisotopic (exact) mass is 302 g/mol.